The number of Topliss-reactive ketones (excluding diaryl/α,β-unsaturated/α-hetero) is 1. The van der Waals surface area contributed by atoms with Gasteiger partial charge < -0.3 is 40.5 Å². The number of hydrogen-bond acceptors (Lipinski definition) is 10. The highest BCUT2D eigenvalue weighted by Crippen LogP contribution is 2.56. The van der Waals surface area contributed by atoms with Crippen LogP contribution in [-0.2, 0) is 43.0 Å². The second kappa shape index (κ2) is 20.2. The summed E-state index contributed by atoms with van der Waals surface area (Å²) < 4.78 is 10.6. The number of benzene rings is 1. The number of amides is 6. The first-order chi connectivity index (χ1) is 26.7. The molecule has 1 aliphatic heterocycles. The summed E-state index contributed by atoms with van der Waals surface area (Å²) in [6.45, 7) is 6.98. The van der Waals surface area contributed by atoms with E-state index < -0.39 is 89.9 Å². The Morgan fingerprint density at radius 1 is 0.893 bits per heavy atom. The number of likely N-dealkylation sites (tertiary alicyclic amines) is 1. The van der Waals surface area contributed by atoms with Crippen molar-refractivity contribution in [3.8, 4) is 0 Å². The molecule has 6 amide bonds. The molecule has 7 atom stereocenters. The molecule has 2 saturated carbocycles. The van der Waals surface area contributed by atoms with Crippen molar-refractivity contribution >= 4 is 47.4 Å². The van der Waals surface area contributed by atoms with E-state index in [1.165, 1.54) is 9.80 Å². The number of piperidine rings is 1. The third kappa shape index (κ3) is 11.1. The first-order valence-electron chi connectivity index (χ1n) is 19.8. The van der Waals surface area contributed by atoms with Crippen LogP contribution in [0.5, 0.6) is 0 Å². The number of ether oxygens (including phenoxy) is 2. The van der Waals surface area contributed by atoms with E-state index in [0.29, 0.717) is 24.8 Å². The van der Waals surface area contributed by atoms with Crippen LogP contribution in [0.2, 0.25) is 0 Å². The third-order valence-corrected chi connectivity index (χ3v) is 10.6. The predicted octanol–water partition coefficient (Wildman–Crippen LogP) is 1.87. The molecule has 56 heavy (non-hydrogen) atoms. The van der Waals surface area contributed by atoms with Crippen LogP contribution in [0.3, 0.4) is 0 Å². The SMILES string of the molecule is CCCC(NC(=O)[C@@H]1C2C(C(=O)OCC)[C@H]2CN1C(=O)[C@@H](NC(=O)OCC(C)C)C1CCCCC1)C(=O)C(=O)NCC(=O)N[C@H](C(=O)N(C)C)c1ccccc1. The second-order valence-corrected chi connectivity index (χ2v) is 15.5. The minimum absolute atomic E-state index is 0.0687. The van der Waals surface area contributed by atoms with Crippen LogP contribution >= 0.6 is 0 Å². The molecule has 0 bridgehead atoms. The van der Waals surface area contributed by atoms with Crippen molar-refractivity contribution in [2.24, 2.45) is 29.6 Å². The lowest BCUT2D eigenvalue weighted by atomic mass is 9.83. The fraction of sp³-hybridized carbons (Fsp3) is 0.650. The number of hydrogen-bond donors (Lipinski definition) is 4. The van der Waals surface area contributed by atoms with Crippen LogP contribution in [0.25, 0.3) is 0 Å². The third-order valence-electron chi connectivity index (χ3n) is 10.6. The molecule has 0 spiro atoms. The van der Waals surface area contributed by atoms with Crippen LogP contribution < -0.4 is 21.3 Å². The fourth-order valence-corrected chi connectivity index (χ4v) is 7.79. The normalized spacial score (nSPS) is 21.7. The number of ketones is 1. The lowest BCUT2D eigenvalue weighted by Crippen LogP contribution is -2.59. The summed E-state index contributed by atoms with van der Waals surface area (Å²) in [6, 6.07) is 4.09. The lowest BCUT2D eigenvalue weighted by Gasteiger charge is -2.36. The van der Waals surface area contributed by atoms with Crippen LogP contribution in [0, 0.1) is 29.6 Å². The Morgan fingerprint density at radius 2 is 1.57 bits per heavy atom. The summed E-state index contributed by atoms with van der Waals surface area (Å²) in [5.41, 5.74) is 0.530. The van der Waals surface area contributed by atoms with Crippen LogP contribution in [0.4, 0.5) is 4.79 Å². The fourth-order valence-electron chi connectivity index (χ4n) is 7.79. The molecule has 308 valence electrons. The summed E-state index contributed by atoms with van der Waals surface area (Å²) in [6.07, 6.45) is 3.89. The zero-order valence-electron chi connectivity index (χ0n) is 33.3. The summed E-state index contributed by atoms with van der Waals surface area (Å²) >= 11 is 0. The standard InChI is InChI=1S/C40H58N6O10/c1-7-15-27(34(48)36(50)41-20-28(47)43-31(37(51)45(5)6)24-16-11-9-12-17-24)42-35(49)33-29-26(30(29)39(53)55-8-2)21-46(33)38(52)32(25-18-13-10-14-19-25)44-40(54)56-22-23(3)4/h9,11-12,16-17,23,25-27,29-33H,7-8,10,13-15,18-22H2,1-6H3,(H,41,50)(H,42,49)(H,43,47)(H,44,54)/t26-,27?,29?,30?,31-,32-,33-/m0/s1. The molecule has 1 saturated heterocycles. The van der Waals surface area contributed by atoms with E-state index in [9.17, 15) is 38.4 Å². The van der Waals surface area contributed by atoms with Crippen LogP contribution in [-0.4, -0.2) is 116 Å². The van der Waals surface area contributed by atoms with Gasteiger partial charge in [0.1, 0.15) is 18.1 Å². The molecule has 2 aliphatic carbocycles. The van der Waals surface area contributed by atoms with Gasteiger partial charge in [0.2, 0.25) is 29.4 Å². The Kier molecular flexibility index (Phi) is 15.8. The molecule has 1 aromatic rings. The minimum Gasteiger partial charge on any atom is -0.466 e. The molecule has 0 aromatic heterocycles. The first-order valence-corrected chi connectivity index (χ1v) is 19.8. The number of carbonyl (C=O) groups is 8. The predicted molar refractivity (Wildman–Crippen MR) is 203 cm³/mol. The van der Waals surface area contributed by atoms with Gasteiger partial charge in [0.05, 0.1) is 31.7 Å². The molecular weight excluding hydrogens is 724 g/mol. The maximum Gasteiger partial charge on any atom is 0.407 e. The summed E-state index contributed by atoms with van der Waals surface area (Å²) in [7, 11) is 3.09. The lowest BCUT2D eigenvalue weighted by molar-refractivity contribution is -0.149. The number of nitrogens with one attached hydrogen (secondary N) is 4. The van der Waals surface area contributed by atoms with E-state index in [0.717, 1.165) is 19.3 Å². The summed E-state index contributed by atoms with van der Waals surface area (Å²) in [5, 5.41) is 10.4. The number of alkyl carbamates (subject to hydrolysis) is 1. The molecule has 4 rings (SSSR count). The van der Waals surface area contributed by atoms with E-state index in [1.807, 2.05) is 13.8 Å². The smallest absolute Gasteiger partial charge is 0.407 e. The van der Waals surface area contributed by atoms with Crippen LogP contribution in [0.1, 0.15) is 84.2 Å². The summed E-state index contributed by atoms with van der Waals surface area (Å²) in [5.74, 6) is -6.61. The number of rotatable bonds is 18. The average Bonchev–Trinajstić information content (AvgIpc) is 3.75. The van der Waals surface area contributed by atoms with Gasteiger partial charge in [-0.1, -0.05) is 76.8 Å². The Balaban J connectivity index is 1.49. The van der Waals surface area contributed by atoms with Gasteiger partial charge in [0.25, 0.3) is 5.91 Å². The van der Waals surface area contributed by atoms with E-state index in [1.54, 1.807) is 58.3 Å². The van der Waals surface area contributed by atoms with Crippen molar-refractivity contribution in [2.45, 2.75) is 96.8 Å². The highest BCUT2D eigenvalue weighted by atomic mass is 16.5. The maximum atomic E-state index is 14.4. The van der Waals surface area contributed by atoms with Gasteiger partial charge in [-0.2, -0.15) is 0 Å². The van der Waals surface area contributed by atoms with Gasteiger partial charge in [-0.25, -0.2) is 4.79 Å². The van der Waals surface area contributed by atoms with Gasteiger partial charge in [-0.05, 0) is 49.5 Å². The van der Waals surface area contributed by atoms with E-state index >= 15 is 0 Å². The molecule has 1 aromatic carbocycles. The Hall–Kier alpha value is -5.02. The summed E-state index contributed by atoms with van der Waals surface area (Å²) in [4.78, 5) is 110. The zero-order valence-corrected chi connectivity index (χ0v) is 33.3. The highest BCUT2D eigenvalue weighted by molar-refractivity contribution is 6.38. The number of likely N-dealkylation sites (N-methyl/N-ethyl adjacent to an activating group) is 1. The molecule has 1 heterocycles. The van der Waals surface area contributed by atoms with E-state index in [-0.39, 0.29) is 43.9 Å². The van der Waals surface area contributed by atoms with Crippen molar-refractivity contribution in [3.63, 3.8) is 0 Å². The van der Waals surface area contributed by atoms with Gasteiger partial charge in [0, 0.05) is 26.6 Å². The van der Waals surface area contributed by atoms with Gasteiger partial charge in [-0.15, -0.1) is 0 Å². The van der Waals surface area contributed by atoms with Crippen LogP contribution in [0.15, 0.2) is 30.3 Å². The Bertz CT molecular complexity index is 1600. The van der Waals surface area contributed by atoms with E-state index in [2.05, 4.69) is 21.3 Å². The van der Waals surface area contributed by atoms with Crippen molar-refractivity contribution in [1.29, 1.82) is 0 Å². The average molecular weight is 783 g/mol. The minimum atomic E-state index is -1.31. The zero-order chi connectivity index (χ0) is 41.1. The molecule has 3 fully saturated rings. The Morgan fingerprint density at radius 3 is 2.18 bits per heavy atom. The molecule has 3 unspecified atom stereocenters. The van der Waals surface area contributed by atoms with Crippen molar-refractivity contribution in [1.82, 2.24) is 31.1 Å². The molecular formula is C40H58N6O10. The molecule has 4 N–H and O–H groups in total. The van der Waals surface area contributed by atoms with Gasteiger partial charge >= 0.3 is 12.1 Å². The molecule has 16 heteroatoms. The quantitative estimate of drug-likeness (QED) is 0.126. The topological polar surface area (TPSA) is 210 Å². The number of carbonyl (C=O) groups excluding carboxylic acids is 8. The molecule has 3 aliphatic rings. The maximum absolute atomic E-state index is 14.4. The first kappa shape index (κ1) is 43.7. The molecule has 0 radical (unpaired) electrons. The van der Waals surface area contributed by atoms with Gasteiger partial charge in [-0.3, -0.25) is 33.6 Å². The number of esters is 1. The largest absolute Gasteiger partial charge is 0.466 e. The van der Waals surface area contributed by atoms with Gasteiger partial charge in [0.15, 0.2) is 0 Å². The second-order valence-electron chi connectivity index (χ2n) is 15.5. The Labute approximate surface area is 328 Å². The number of nitrogens with zero attached hydrogens (tertiary/aromatic N) is 2. The highest BCUT2D eigenvalue weighted by Gasteiger charge is 2.68. The van der Waals surface area contributed by atoms with Crippen molar-refractivity contribution in [3.05, 3.63) is 35.9 Å². The molecule has 16 nitrogen and oxygen atoms in total. The number of fused-ring (bicyclic) bond motifs is 1. The van der Waals surface area contributed by atoms with E-state index in [4.69, 9.17) is 9.47 Å². The van der Waals surface area contributed by atoms with Crippen molar-refractivity contribution < 1.29 is 47.8 Å². The monoisotopic (exact) mass is 782 g/mol. The van der Waals surface area contributed by atoms with Crippen molar-refractivity contribution in [2.75, 3.05) is 40.4 Å².